The van der Waals surface area contributed by atoms with E-state index in [0.29, 0.717) is 34.8 Å². The summed E-state index contributed by atoms with van der Waals surface area (Å²) in [6.07, 6.45) is 3.20. The summed E-state index contributed by atoms with van der Waals surface area (Å²) >= 11 is 0. The number of carbonyl (C=O) groups is 2. The largest absolute Gasteiger partial charge is 0.461 e. The van der Waals surface area contributed by atoms with E-state index in [-0.39, 0.29) is 5.91 Å². The van der Waals surface area contributed by atoms with E-state index in [1.165, 1.54) is 0 Å². The van der Waals surface area contributed by atoms with Gasteiger partial charge in [0.15, 0.2) is 0 Å². The molecule has 1 amide bonds. The first kappa shape index (κ1) is 15.8. The van der Waals surface area contributed by atoms with Gasteiger partial charge in [-0.2, -0.15) is 0 Å². The van der Waals surface area contributed by atoms with Crippen LogP contribution in [0, 0.1) is 13.8 Å². The molecule has 6 heteroatoms. The van der Waals surface area contributed by atoms with Crippen LogP contribution in [0.15, 0.2) is 24.5 Å². The van der Waals surface area contributed by atoms with Crippen LogP contribution >= 0.6 is 0 Å². The number of nitrogens with zero attached hydrogens (tertiary/aromatic N) is 2. The Bertz CT molecular complexity index is 705. The van der Waals surface area contributed by atoms with Crippen molar-refractivity contribution in [3.8, 4) is 0 Å². The molecular formula is C16H19N3O3. The van der Waals surface area contributed by atoms with Gasteiger partial charge in [0.25, 0.3) is 5.91 Å². The van der Waals surface area contributed by atoms with Gasteiger partial charge in [-0.05, 0) is 38.5 Å². The molecule has 22 heavy (non-hydrogen) atoms. The van der Waals surface area contributed by atoms with Crippen molar-refractivity contribution in [1.29, 1.82) is 0 Å². The average molecular weight is 301 g/mol. The summed E-state index contributed by atoms with van der Waals surface area (Å²) in [5.74, 6) is -0.680. The van der Waals surface area contributed by atoms with Crippen LogP contribution in [-0.4, -0.2) is 28.0 Å². The number of carbonyl (C=O) groups excluding carboxylic acids is 2. The lowest BCUT2D eigenvalue weighted by molar-refractivity contribution is 0.0514. The number of rotatable bonds is 4. The fraction of sp³-hybridized carbons (Fsp3) is 0.312. The maximum atomic E-state index is 12.5. The Morgan fingerprint density at radius 3 is 2.50 bits per heavy atom. The molecule has 0 radical (unpaired) electrons. The summed E-state index contributed by atoms with van der Waals surface area (Å²) in [6.45, 7) is 5.60. The Kier molecular flexibility index (Phi) is 4.60. The van der Waals surface area contributed by atoms with Gasteiger partial charge >= 0.3 is 5.97 Å². The molecule has 0 saturated carbocycles. The predicted molar refractivity (Wildman–Crippen MR) is 83.0 cm³/mol. The highest BCUT2D eigenvalue weighted by Gasteiger charge is 2.25. The van der Waals surface area contributed by atoms with Crippen molar-refractivity contribution < 1.29 is 14.3 Å². The van der Waals surface area contributed by atoms with Gasteiger partial charge in [0.2, 0.25) is 0 Å². The fourth-order valence-corrected chi connectivity index (χ4v) is 2.43. The molecule has 6 nitrogen and oxygen atoms in total. The van der Waals surface area contributed by atoms with Crippen LogP contribution in [0.25, 0.3) is 0 Å². The maximum absolute atomic E-state index is 12.5. The monoisotopic (exact) mass is 301 g/mol. The average Bonchev–Trinajstić information content (AvgIpc) is 2.70. The van der Waals surface area contributed by atoms with Crippen molar-refractivity contribution in [2.75, 3.05) is 11.9 Å². The highest BCUT2D eigenvalue weighted by atomic mass is 16.5. The Morgan fingerprint density at radius 2 is 1.91 bits per heavy atom. The number of aromatic nitrogens is 2. The van der Waals surface area contributed by atoms with Gasteiger partial charge < -0.3 is 14.6 Å². The van der Waals surface area contributed by atoms with E-state index in [1.807, 2.05) is 0 Å². The number of ether oxygens (including phenoxy) is 1. The van der Waals surface area contributed by atoms with E-state index >= 15 is 0 Å². The standard InChI is InChI=1S/C16H19N3O3/c1-5-22-16(21)14-10(2)13(11(3)19(14)4)15(20)18-12-6-8-17-9-7-12/h6-9H,5H2,1-4H3,(H,17,18,20). The van der Waals surface area contributed by atoms with Crippen LogP contribution in [0.2, 0.25) is 0 Å². The molecule has 0 aliphatic rings. The third kappa shape index (κ3) is 2.86. The summed E-state index contributed by atoms with van der Waals surface area (Å²) in [5.41, 5.74) is 2.87. The maximum Gasteiger partial charge on any atom is 0.355 e. The first-order valence-corrected chi connectivity index (χ1v) is 7.01. The van der Waals surface area contributed by atoms with E-state index in [9.17, 15) is 9.59 Å². The molecule has 0 unspecified atom stereocenters. The summed E-state index contributed by atoms with van der Waals surface area (Å²) in [4.78, 5) is 28.5. The quantitative estimate of drug-likeness (QED) is 0.880. The topological polar surface area (TPSA) is 73.2 Å². The zero-order valence-electron chi connectivity index (χ0n) is 13.1. The minimum Gasteiger partial charge on any atom is -0.461 e. The highest BCUT2D eigenvalue weighted by Crippen LogP contribution is 2.23. The zero-order valence-corrected chi connectivity index (χ0v) is 13.1. The number of pyridine rings is 1. The molecule has 1 N–H and O–H groups in total. The number of amides is 1. The second kappa shape index (κ2) is 6.43. The molecule has 2 rings (SSSR count). The predicted octanol–water partition coefficient (Wildman–Crippen LogP) is 2.47. The van der Waals surface area contributed by atoms with Crippen molar-refractivity contribution in [2.24, 2.45) is 7.05 Å². The lowest BCUT2D eigenvalue weighted by atomic mass is 10.1. The number of esters is 1. The number of hydrogen-bond donors (Lipinski definition) is 1. The van der Waals surface area contributed by atoms with Crippen molar-refractivity contribution in [3.05, 3.63) is 47.0 Å². The van der Waals surface area contributed by atoms with Gasteiger partial charge in [0.1, 0.15) is 5.69 Å². The molecule has 0 aromatic carbocycles. The summed E-state index contributed by atoms with van der Waals surface area (Å²) in [6, 6.07) is 3.41. The summed E-state index contributed by atoms with van der Waals surface area (Å²) < 4.78 is 6.75. The fourth-order valence-electron chi connectivity index (χ4n) is 2.43. The van der Waals surface area contributed by atoms with Gasteiger partial charge in [-0.25, -0.2) is 4.79 Å². The van der Waals surface area contributed by atoms with Gasteiger partial charge in [-0.15, -0.1) is 0 Å². The van der Waals surface area contributed by atoms with Gasteiger partial charge in [-0.3, -0.25) is 9.78 Å². The Hall–Kier alpha value is -2.63. The molecular weight excluding hydrogens is 282 g/mol. The number of anilines is 1. The second-order valence-corrected chi connectivity index (χ2v) is 4.90. The molecule has 2 heterocycles. The van der Waals surface area contributed by atoms with E-state index in [4.69, 9.17) is 4.74 Å². The first-order chi connectivity index (χ1) is 10.5. The minimum atomic E-state index is -0.423. The van der Waals surface area contributed by atoms with Crippen molar-refractivity contribution in [1.82, 2.24) is 9.55 Å². The molecule has 0 fully saturated rings. The van der Waals surface area contributed by atoms with Crippen molar-refractivity contribution >= 4 is 17.6 Å². The molecule has 2 aromatic rings. The SMILES string of the molecule is CCOC(=O)c1c(C)c(C(=O)Nc2ccncc2)c(C)n1C. The van der Waals surface area contributed by atoms with Crippen LogP contribution in [-0.2, 0) is 11.8 Å². The van der Waals surface area contributed by atoms with E-state index in [0.717, 1.165) is 0 Å². The highest BCUT2D eigenvalue weighted by molar-refractivity contribution is 6.08. The van der Waals surface area contributed by atoms with Gasteiger partial charge in [-0.1, -0.05) is 0 Å². The van der Waals surface area contributed by atoms with E-state index in [1.54, 1.807) is 56.9 Å². The Morgan fingerprint density at radius 1 is 1.27 bits per heavy atom. The van der Waals surface area contributed by atoms with Crippen LogP contribution in [0.3, 0.4) is 0 Å². The molecule has 0 saturated heterocycles. The van der Waals surface area contributed by atoms with Crippen LogP contribution in [0.5, 0.6) is 0 Å². The molecule has 0 atom stereocenters. The number of nitrogens with one attached hydrogen (secondary N) is 1. The summed E-state index contributed by atoms with van der Waals surface area (Å²) in [7, 11) is 1.75. The Balaban J connectivity index is 2.37. The van der Waals surface area contributed by atoms with Gasteiger partial charge in [0.05, 0.1) is 12.2 Å². The van der Waals surface area contributed by atoms with Crippen LogP contribution in [0.1, 0.15) is 39.0 Å². The minimum absolute atomic E-state index is 0.257. The molecule has 0 aliphatic heterocycles. The third-order valence-electron chi connectivity index (χ3n) is 3.56. The molecule has 0 bridgehead atoms. The lowest BCUT2D eigenvalue weighted by Gasteiger charge is -2.05. The van der Waals surface area contributed by atoms with E-state index in [2.05, 4.69) is 10.3 Å². The molecule has 116 valence electrons. The van der Waals surface area contributed by atoms with Gasteiger partial charge in [0, 0.05) is 30.8 Å². The van der Waals surface area contributed by atoms with E-state index < -0.39 is 5.97 Å². The zero-order chi connectivity index (χ0) is 16.3. The second-order valence-electron chi connectivity index (χ2n) is 4.90. The summed E-state index contributed by atoms with van der Waals surface area (Å²) in [5, 5.41) is 2.81. The van der Waals surface area contributed by atoms with Crippen molar-refractivity contribution in [2.45, 2.75) is 20.8 Å². The smallest absolute Gasteiger partial charge is 0.355 e. The van der Waals surface area contributed by atoms with Crippen LogP contribution in [0.4, 0.5) is 5.69 Å². The lowest BCUT2D eigenvalue weighted by Crippen LogP contribution is -2.14. The molecule has 0 spiro atoms. The number of hydrogen-bond acceptors (Lipinski definition) is 4. The first-order valence-electron chi connectivity index (χ1n) is 7.01. The van der Waals surface area contributed by atoms with Crippen LogP contribution < -0.4 is 5.32 Å². The molecule has 0 aliphatic carbocycles. The normalized spacial score (nSPS) is 10.4. The Labute approximate surface area is 129 Å². The third-order valence-corrected chi connectivity index (χ3v) is 3.56. The van der Waals surface area contributed by atoms with Crippen molar-refractivity contribution in [3.63, 3.8) is 0 Å². The molecule has 2 aromatic heterocycles.